The Labute approximate surface area is 105 Å². The van der Waals surface area contributed by atoms with Gasteiger partial charge in [-0.05, 0) is 6.92 Å². The Morgan fingerprint density at radius 2 is 2.18 bits per heavy atom. The van der Waals surface area contributed by atoms with Crippen LogP contribution < -0.4 is 4.90 Å². The van der Waals surface area contributed by atoms with E-state index in [0.717, 1.165) is 31.3 Å². The number of aromatic nitrogens is 1. The third-order valence-corrected chi connectivity index (χ3v) is 3.87. The van der Waals surface area contributed by atoms with Gasteiger partial charge in [-0.2, -0.15) is 0 Å². The fourth-order valence-corrected chi connectivity index (χ4v) is 2.72. The number of carboxylic acids is 1. The van der Waals surface area contributed by atoms with Crippen LogP contribution in [-0.2, 0) is 4.79 Å². The molecule has 5 nitrogen and oxygen atoms in total. The molecule has 1 N–H and O–H groups in total. The van der Waals surface area contributed by atoms with Crippen molar-refractivity contribution >= 4 is 22.4 Å². The molecule has 0 bridgehead atoms. The Bertz CT molecular complexity index is 386. The summed E-state index contributed by atoms with van der Waals surface area (Å²) < 4.78 is 0. The summed E-state index contributed by atoms with van der Waals surface area (Å²) in [6.07, 6.45) is 2.13. The molecule has 17 heavy (non-hydrogen) atoms. The van der Waals surface area contributed by atoms with Gasteiger partial charge in [-0.15, -0.1) is 11.3 Å². The van der Waals surface area contributed by atoms with Crippen molar-refractivity contribution in [3.63, 3.8) is 0 Å². The first kappa shape index (κ1) is 12.3. The van der Waals surface area contributed by atoms with E-state index in [0.29, 0.717) is 6.54 Å². The molecule has 1 fully saturated rings. The maximum atomic E-state index is 10.5. The zero-order valence-corrected chi connectivity index (χ0v) is 10.7. The molecule has 1 saturated heterocycles. The topological polar surface area (TPSA) is 56.7 Å². The second-order valence-corrected chi connectivity index (χ2v) is 5.44. The fourth-order valence-electron chi connectivity index (χ4n) is 1.91. The Hall–Kier alpha value is -1.14. The molecular weight excluding hydrogens is 238 g/mol. The maximum Gasteiger partial charge on any atom is 0.304 e. The van der Waals surface area contributed by atoms with Crippen LogP contribution in [0.4, 0.5) is 5.13 Å². The first-order chi connectivity index (χ1) is 8.15. The Balaban J connectivity index is 1.80. The van der Waals surface area contributed by atoms with Crippen LogP contribution in [0.5, 0.6) is 0 Å². The number of thiazole rings is 1. The molecular formula is C11H17N3O2S. The number of anilines is 1. The van der Waals surface area contributed by atoms with E-state index in [1.807, 2.05) is 6.20 Å². The van der Waals surface area contributed by atoms with Crippen molar-refractivity contribution in [2.24, 2.45) is 0 Å². The minimum Gasteiger partial charge on any atom is -0.481 e. The standard InChI is InChI=1S/C11H17N3O2S/c1-9-8-12-11(17-9)14-6-4-13(5-7-14)3-2-10(15)16/h8H,2-7H2,1H3,(H,15,16). The number of piperazine rings is 1. The highest BCUT2D eigenvalue weighted by molar-refractivity contribution is 7.15. The molecule has 0 atom stereocenters. The van der Waals surface area contributed by atoms with Crippen LogP contribution in [0.3, 0.4) is 0 Å². The fraction of sp³-hybridized carbons (Fsp3) is 0.636. The molecule has 0 unspecified atom stereocenters. The van der Waals surface area contributed by atoms with Crippen LogP contribution in [0.25, 0.3) is 0 Å². The van der Waals surface area contributed by atoms with E-state index in [4.69, 9.17) is 5.11 Å². The third-order valence-electron chi connectivity index (χ3n) is 2.89. The summed E-state index contributed by atoms with van der Waals surface area (Å²) in [6, 6.07) is 0. The predicted octanol–water partition coefficient (Wildman–Crippen LogP) is 1.05. The SMILES string of the molecule is Cc1cnc(N2CCN(CCC(=O)O)CC2)s1. The van der Waals surface area contributed by atoms with E-state index in [-0.39, 0.29) is 6.42 Å². The highest BCUT2D eigenvalue weighted by atomic mass is 32.1. The molecule has 1 aliphatic heterocycles. The zero-order valence-electron chi connectivity index (χ0n) is 9.93. The number of carbonyl (C=O) groups is 1. The van der Waals surface area contributed by atoms with Crippen LogP contribution in [0.2, 0.25) is 0 Å². The molecule has 1 aliphatic rings. The molecule has 0 saturated carbocycles. The van der Waals surface area contributed by atoms with Gasteiger partial charge in [-0.25, -0.2) is 4.98 Å². The minimum absolute atomic E-state index is 0.233. The van der Waals surface area contributed by atoms with Crippen molar-refractivity contribution in [1.82, 2.24) is 9.88 Å². The molecule has 94 valence electrons. The maximum absolute atomic E-state index is 10.5. The molecule has 0 aromatic carbocycles. The summed E-state index contributed by atoms with van der Waals surface area (Å²) in [5.74, 6) is -0.719. The van der Waals surface area contributed by atoms with Gasteiger partial charge in [0.2, 0.25) is 0 Å². The van der Waals surface area contributed by atoms with Gasteiger partial charge >= 0.3 is 5.97 Å². The molecule has 0 aliphatic carbocycles. The molecule has 1 aromatic rings. The predicted molar refractivity (Wildman–Crippen MR) is 67.8 cm³/mol. The first-order valence-corrected chi connectivity index (χ1v) is 6.58. The molecule has 0 spiro atoms. The second kappa shape index (κ2) is 5.46. The second-order valence-electron chi connectivity index (χ2n) is 4.23. The van der Waals surface area contributed by atoms with Crippen molar-refractivity contribution in [1.29, 1.82) is 0 Å². The smallest absolute Gasteiger partial charge is 0.304 e. The lowest BCUT2D eigenvalue weighted by Gasteiger charge is -2.34. The average Bonchev–Trinajstić information content (AvgIpc) is 2.74. The molecule has 0 amide bonds. The lowest BCUT2D eigenvalue weighted by Crippen LogP contribution is -2.46. The zero-order chi connectivity index (χ0) is 12.3. The van der Waals surface area contributed by atoms with E-state index in [9.17, 15) is 4.79 Å². The van der Waals surface area contributed by atoms with Gasteiger partial charge in [0, 0.05) is 43.8 Å². The molecule has 1 aromatic heterocycles. The average molecular weight is 255 g/mol. The van der Waals surface area contributed by atoms with Crippen molar-refractivity contribution in [2.45, 2.75) is 13.3 Å². The lowest BCUT2D eigenvalue weighted by atomic mass is 10.3. The lowest BCUT2D eigenvalue weighted by molar-refractivity contribution is -0.137. The van der Waals surface area contributed by atoms with Gasteiger partial charge in [0.25, 0.3) is 0 Å². The Morgan fingerprint density at radius 1 is 1.47 bits per heavy atom. The minimum atomic E-state index is -0.719. The first-order valence-electron chi connectivity index (χ1n) is 5.76. The van der Waals surface area contributed by atoms with E-state index in [1.54, 1.807) is 11.3 Å². The van der Waals surface area contributed by atoms with Gasteiger partial charge in [0.05, 0.1) is 6.42 Å². The molecule has 2 rings (SSSR count). The van der Waals surface area contributed by atoms with Gasteiger partial charge in [-0.3, -0.25) is 9.69 Å². The Kier molecular flexibility index (Phi) is 3.96. The van der Waals surface area contributed by atoms with Gasteiger partial charge in [0.15, 0.2) is 5.13 Å². The summed E-state index contributed by atoms with van der Waals surface area (Å²) in [5, 5.41) is 9.72. The number of rotatable bonds is 4. The monoisotopic (exact) mass is 255 g/mol. The summed E-state index contributed by atoms with van der Waals surface area (Å²) in [4.78, 5) is 20.6. The van der Waals surface area contributed by atoms with Crippen LogP contribution in [0, 0.1) is 6.92 Å². The summed E-state index contributed by atoms with van der Waals surface area (Å²) in [5.41, 5.74) is 0. The summed E-state index contributed by atoms with van der Waals surface area (Å²) in [6.45, 7) is 6.43. The van der Waals surface area contributed by atoms with E-state index in [1.165, 1.54) is 4.88 Å². The molecule has 2 heterocycles. The van der Waals surface area contributed by atoms with E-state index >= 15 is 0 Å². The normalized spacial score (nSPS) is 17.4. The quantitative estimate of drug-likeness (QED) is 0.871. The number of hydrogen-bond acceptors (Lipinski definition) is 5. The van der Waals surface area contributed by atoms with Crippen LogP contribution in [-0.4, -0.2) is 53.7 Å². The van der Waals surface area contributed by atoms with Gasteiger partial charge in [0.1, 0.15) is 0 Å². The number of hydrogen-bond donors (Lipinski definition) is 1. The molecule has 0 radical (unpaired) electrons. The highest BCUT2D eigenvalue weighted by Crippen LogP contribution is 2.22. The van der Waals surface area contributed by atoms with Gasteiger partial charge in [-0.1, -0.05) is 0 Å². The van der Waals surface area contributed by atoms with Crippen LogP contribution in [0.15, 0.2) is 6.20 Å². The van der Waals surface area contributed by atoms with Crippen molar-refractivity contribution in [2.75, 3.05) is 37.6 Å². The number of carboxylic acid groups (broad SMARTS) is 1. The summed E-state index contributed by atoms with van der Waals surface area (Å²) >= 11 is 1.72. The summed E-state index contributed by atoms with van der Waals surface area (Å²) in [7, 11) is 0. The number of aliphatic carboxylic acids is 1. The Morgan fingerprint density at radius 3 is 2.71 bits per heavy atom. The van der Waals surface area contributed by atoms with Crippen LogP contribution >= 0.6 is 11.3 Å². The van der Waals surface area contributed by atoms with Crippen LogP contribution in [0.1, 0.15) is 11.3 Å². The highest BCUT2D eigenvalue weighted by Gasteiger charge is 2.19. The third kappa shape index (κ3) is 3.41. The molecule has 6 heteroatoms. The number of nitrogens with zero attached hydrogens (tertiary/aromatic N) is 3. The van der Waals surface area contributed by atoms with Crippen molar-refractivity contribution in [3.8, 4) is 0 Å². The van der Waals surface area contributed by atoms with Gasteiger partial charge < -0.3 is 10.0 Å². The number of aryl methyl sites for hydroxylation is 1. The van der Waals surface area contributed by atoms with Crippen molar-refractivity contribution < 1.29 is 9.90 Å². The largest absolute Gasteiger partial charge is 0.481 e. The van der Waals surface area contributed by atoms with Crippen molar-refractivity contribution in [3.05, 3.63) is 11.1 Å². The van der Waals surface area contributed by atoms with E-state index in [2.05, 4.69) is 21.7 Å². The van der Waals surface area contributed by atoms with E-state index < -0.39 is 5.97 Å².